The van der Waals surface area contributed by atoms with Gasteiger partial charge in [0, 0.05) is 11.6 Å². The molecular formula is C22H23N3O3. The Morgan fingerprint density at radius 3 is 2.54 bits per heavy atom. The predicted molar refractivity (Wildman–Crippen MR) is 109 cm³/mol. The van der Waals surface area contributed by atoms with Crippen molar-refractivity contribution in [1.82, 2.24) is 14.9 Å². The number of fused-ring (bicyclic) bond motifs is 1. The maximum atomic E-state index is 12.8. The zero-order valence-corrected chi connectivity index (χ0v) is 15.6. The average Bonchev–Trinajstić information content (AvgIpc) is 2.72. The van der Waals surface area contributed by atoms with E-state index < -0.39 is 5.69 Å². The molecule has 0 unspecified atom stereocenters. The van der Waals surface area contributed by atoms with Gasteiger partial charge < -0.3 is 10.3 Å². The smallest absolute Gasteiger partial charge is 0.329 e. The lowest BCUT2D eigenvalue weighted by Crippen LogP contribution is -2.37. The van der Waals surface area contributed by atoms with E-state index in [2.05, 4.69) is 10.3 Å². The van der Waals surface area contributed by atoms with Gasteiger partial charge in [-0.15, -0.1) is 0 Å². The molecule has 1 fully saturated rings. The van der Waals surface area contributed by atoms with Crippen molar-refractivity contribution in [3.05, 3.63) is 80.5 Å². The van der Waals surface area contributed by atoms with Crippen LogP contribution in [0.25, 0.3) is 10.9 Å². The molecule has 4 rings (SSSR count). The first kappa shape index (κ1) is 18.2. The summed E-state index contributed by atoms with van der Waals surface area (Å²) in [5.41, 5.74) is 0.871. The minimum absolute atomic E-state index is 0.164. The zero-order chi connectivity index (χ0) is 19.5. The number of carbonyl (C=O) groups excluding carboxylic acids is 1. The van der Waals surface area contributed by atoms with Gasteiger partial charge in [0.15, 0.2) is 0 Å². The molecule has 2 N–H and O–H groups in total. The Morgan fingerprint density at radius 1 is 1.04 bits per heavy atom. The van der Waals surface area contributed by atoms with Crippen LogP contribution in [0.2, 0.25) is 0 Å². The fourth-order valence-electron chi connectivity index (χ4n) is 3.82. The van der Waals surface area contributed by atoms with Crippen LogP contribution in [0.3, 0.4) is 0 Å². The molecule has 144 valence electrons. The van der Waals surface area contributed by atoms with Crippen LogP contribution in [0, 0.1) is 0 Å². The summed E-state index contributed by atoms with van der Waals surface area (Å²) in [6.45, 7) is 0.203. The first-order chi connectivity index (χ1) is 13.6. The Bertz CT molecular complexity index is 1110. The van der Waals surface area contributed by atoms with Gasteiger partial charge in [0.05, 0.1) is 17.4 Å². The Morgan fingerprint density at radius 2 is 1.79 bits per heavy atom. The van der Waals surface area contributed by atoms with E-state index in [0.29, 0.717) is 16.5 Å². The van der Waals surface area contributed by atoms with Gasteiger partial charge in [-0.3, -0.25) is 14.2 Å². The van der Waals surface area contributed by atoms with Crippen molar-refractivity contribution in [2.75, 3.05) is 0 Å². The van der Waals surface area contributed by atoms with Crippen molar-refractivity contribution in [3.63, 3.8) is 0 Å². The summed E-state index contributed by atoms with van der Waals surface area (Å²) < 4.78 is 1.18. The van der Waals surface area contributed by atoms with Gasteiger partial charge in [-0.25, -0.2) is 4.79 Å². The third kappa shape index (κ3) is 3.76. The quantitative estimate of drug-likeness (QED) is 0.733. The molecule has 1 amide bonds. The van der Waals surface area contributed by atoms with E-state index in [1.807, 2.05) is 30.3 Å². The molecule has 1 aromatic heterocycles. The van der Waals surface area contributed by atoms with Crippen LogP contribution in [0.1, 0.15) is 48.0 Å². The van der Waals surface area contributed by atoms with Crippen LogP contribution in [0.5, 0.6) is 0 Å². The molecule has 0 spiro atoms. The van der Waals surface area contributed by atoms with Crippen LogP contribution < -0.4 is 16.6 Å². The highest BCUT2D eigenvalue weighted by atomic mass is 16.2. The normalized spacial score (nSPS) is 14.9. The highest BCUT2D eigenvalue weighted by Gasteiger charge is 2.17. The number of carbonyl (C=O) groups is 1. The van der Waals surface area contributed by atoms with E-state index in [0.717, 1.165) is 31.2 Å². The lowest BCUT2D eigenvalue weighted by molar-refractivity contribution is 0.0928. The van der Waals surface area contributed by atoms with Crippen molar-refractivity contribution >= 4 is 16.8 Å². The molecule has 6 heteroatoms. The van der Waals surface area contributed by atoms with Crippen LogP contribution in [-0.4, -0.2) is 21.5 Å². The lowest BCUT2D eigenvalue weighted by Gasteiger charge is -2.22. The van der Waals surface area contributed by atoms with Crippen molar-refractivity contribution in [1.29, 1.82) is 0 Å². The largest absolute Gasteiger partial charge is 0.349 e. The SMILES string of the molecule is O=C(NC1CCCCC1)c1ccc2c(=O)n(Cc3ccccc3)c(=O)[nH]c2c1. The Kier molecular flexibility index (Phi) is 5.10. The number of hydrogen-bond acceptors (Lipinski definition) is 3. The molecule has 1 aliphatic carbocycles. The van der Waals surface area contributed by atoms with Crippen LogP contribution in [-0.2, 0) is 6.54 Å². The zero-order valence-electron chi connectivity index (χ0n) is 15.6. The third-order valence-corrected chi connectivity index (χ3v) is 5.37. The average molecular weight is 377 g/mol. The lowest BCUT2D eigenvalue weighted by atomic mass is 9.95. The molecule has 1 saturated carbocycles. The van der Waals surface area contributed by atoms with Crippen molar-refractivity contribution in [3.8, 4) is 0 Å². The van der Waals surface area contributed by atoms with Crippen LogP contribution in [0.15, 0.2) is 58.1 Å². The molecule has 0 atom stereocenters. The molecule has 0 bridgehead atoms. The minimum atomic E-state index is -0.480. The van der Waals surface area contributed by atoms with E-state index >= 15 is 0 Å². The van der Waals surface area contributed by atoms with Crippen molar-refractivity contribution in [2.24, 2.45) is 0 Å². The number of hydrogen-bond donors (Lipinski definition) is 2. The second-order valence-electron chi connectivity index (χ2n) is 7.38. The molecule has 1 heterocycles. The van der Waals surface area contributed by atoms with Crippen LogP contribution >= 0.6 is 0 Å². The maximum absolute atomic E-state index is 12.8. The molecule has 28 heavy (non-hydrogen) atoms. The standard InChI is InChI=1S/C22H23N3O3/c26-20(23-17-9-5-2-6-10-17)16-11-12-18-19(13-16)24-22(28)25(21(18)27)14-15-7-3-1-4-8-15/h1,3-4,7-8,11-13,17H,2,5-6,9-10,14H2,(H,23,26)(H,24,28). The topological polar surface area (TPSA) is 84.0 Å². The molecule has 0 aliphatic heterocycles. The Balaban J connectivity index is 1.63. The number of benzene rings is 2. The Labute approximate surface area is 162 Å². The van der Waals surface area contributed by atoms with E-state index in [1.54, 1.807) is 18.2 Å². The fourth-order valence-corrected chi connectivity index (χ4v) is 3.82. The molecule has 1 aliphatic rings. The van der Waals surface area contributed by atoms with Crippen molar-refractivity contribution < 1.29 is 4.79 Å². The van der Waals surface area contributed by atoms with E-state index in [9.17, 15) is 14.4 Å². The third-order valence-electron chi connectivity index (χ3n) is 5.37. The summed E-state index contributed by atoms with van der Waals surface area (Å²) in [5, 5.41) is 3.45. The van der Waals surface area contributed by atoms with Gasteiger partial charge in [-0.05, 0) is 36.6 Å². The van der Waals surface area contributed by atoms with Gasteiger partial charge in [0.2, 0.25) is 0 Å². The molecule has 0 radical (unpaired) electrons. The number of nitrogens with zero attached hydrogens (tertiary/aromatic N) is 1. The van der Waals surface area contributed by atoms with Crippen molar-refractivity contribution in [2.45, 2.75) is 44.7 Å². The molecule has 2 aromatic carbocycles. The number of H-pyrrole nitrogens is 1. The number of rotatable bonds is 4. The number of amides is 1. The number of aromatic nitrogens is 2. The summed E-state index contributed by atoms with van der Waals surface area (Å²) in [4.78, 5) is 40.6. The highest BCUT2D eigenvalue weighted by molar-refractivity contribution is 5.97. The van der Waals surface area contributed by atoms with E-state index in [-0.39, 0.29) is 24.1 Å². The summed E-state index contributed by atoms with van der Waals surface area (Å²) in [5.74, 6) is -0.164. The maximum Gasteiger partial charge on any atom is 0.329 e. The van der Waals surface area contributed by atoms with E-state index in [1.165, 1.54) is 11.0 Å². The molecule has 6 nitrogen and oxygen atoms in total. The van der Waals surface area contributed by atoms with Gasteiger partial charge in [-0.2, -0.15) is 0 Å². The number of nitrogens with one attached hydrogen (secondary N) is 2. The van der Waals surface area contributed by atoms with E-state index in [4.69, 9.17) is 0 Å². The molecular weight excluding hydrogens is 354 g/mol. The number of aromatic amines is 1. The predicted octanol–water partition coefficient (Wildman–Crippen LogP) is 2.80. The van der Waals surface area contributed by atoms with Gasteiger partial charge in [0.1, 0.15) is 0 Å². The minimum Gasteiger partial charge on any atom is -0.349 e. The van der Waals surface area contributed by atoms with Gasteiger partial charge in [0.25, 0.3) is 11.5 Å². The summed E-state index contributed by atoms with van der Waals surface area (Å²) in [6.07, 6.45) is 5.49. The monoisotopic (exact) mass is 377 g/mol. The fraction of sp³-hybridized carbons (Fsp3) is 0.318. The first-order valence-corrected chi connectivity index (χ1v) is 9.73. The summed E-state index contributed by atoms with van der Waals surface area (Å²) in [7, 11) is 0. The molecule has 3 aromatic rings. The molecule has 0 saturated heterocycles. The van der Waals surface area contributed by atoms with Gasteiger partial charge in [-0.1, -0.05) is 49.6 Å². The second kappa shape index (κ2) is 7.84. The second-order valence-corrected chi connectivity index (χ2v) is 7.38. The van der Waals surface area contributed by atoms with Crippen LogP contribution in [0.4, 0.5) is 0 Å². The Hall–Kier alpha value is -3.15. The highest BCUT2D eigenvalue weighted by Crippen LogP contribution is 2.18. The first-order valence-electron chi connectivity index (χ1n) is 9.73. The summed E-state index contributed by atoms with van der Waals surface area (Å²) in [6, 6.07) is 14.4. The summed E-state index contributed by atoms with van der Waals surface area (Å²) >= 11 is 0. The van der Waals surface area contributed by atoms with Gasteiger partial charge >= 0.3 is 5.69 Å².